The van der Waals surface area contributed by atoms with E-state index in [1.807, 2.05) is 42.5 Å². The predicted molar refractivity (Wildman–Crippen MR) is 106 cm³/mol. The normalized spacial score (nSPS) is 16.3. The number of nitrogens with zero attached hydrogens (tertiary/aromatic N) is 2. The Labute approximate surface area is 165 Å². The molecule has 1 aromatic heterocycles. The molecule has 0 unspecified atom stereocenters. The van der Waals surface area contributed by atoms with Gasteiger partial charge in [0.05, 0.1) is 19.4 Å². The van der Waals surface area contributed by atoms with Crippen molar-refractivity contribution in [3.63, 3.8) is 0 Å². The van der Waals surface area contributed by atoms with Crippen molar-refractivity contribution in [1.82, 2.24) is 5.01 Å². The zero-order chi connectivity index (χ0) is 18.8. The van der Waals surface area contributed by atoms with E-state index in [0.717, 1.165) is 15.7 Å². The second-order valence-electron chi connectivity index (χ2n) is 6.18. The maximum Gasteiger partial charge on any atom is 0.274 e. The Morgan fingerprint density at radius 3 is 2.78 bits per heavy atom. The molecule has 0 saturated heterocycles. The summed E-state index contributed by atoms with van der Waals surface area (Å²) in [7, 11) is 1.58. The Hall–Kier alpha value is -2.86. The van der Waals surface area contributed by atoms with Gasteiger partial charge >= 0.3 is 0 Å². The van der Waals surface area contributed by atoms with Crippen LogP contribution in [0.2, 0.25) is 0 Å². The molecule has 0 spiro atoms. The van der Waals surface area contributed by atoms with Crippen LogP contribution in [0.15, 0.2) is 80.9 Å². The van der Waals surface area contributed by atoms with Gasteiger partial charge in [-0.25, -0.2) is 5.01 Å². The number of ether oxygens (including phenoxy) is 1. The van der Waals surface area contributed by atoms with Gasteiger partial charge in [-0.1, -0.05) is 34.1 Å². The van der Waals surface area contributed by atoms with Crippen LogP contribution in [0.1, 0.15) is 34.1 Å². The third-order valence-corrected chi connectivity index (χ3v) is 4.97. The van der Waals surface area contributed by atoms with E-state index in [9.17, 15) is 4.79 Å². The number of hydrazone groups is 1. The first-order valence-electron chi connectivity index (χ1n) is 8.50. The van der Waals surface area contributed by atoms with E-state index in [1.54, 1.807) is 31.6 Å². The number of carbonyl (C=O) groups is 1. The molecule has 0 saturated carbocycles. The Morgan fingerprint density at radius 1 is 1.19 bits per heavy atom. The van der Waals surface area contributed by atoms with E-state index >= 15 is 0 Å². The van der Waals surface area contributed by atoms with E-state index in [4.69, 9.17) is 9.15 Å². The summed E-state index contributed by atoms with van der Waals surface area (Å²) in [5, 5.41) is 6.14. The molecular weight excluding hydrogens is 408 g/mol. The molecule has 6 heteroatoms. The molecule has 4 rings (SSSR count). The minimum atomic E-state index is -0.207. The van der Waals surface area contributed by atoms with Crippen LogP contribution < -0.4 is 4.74 Å². The highest BCUT2D eigenvalue weighted by molar-refractivity contribution is 9.10. The standard InChI is InChI=1S/C21H17BrN2O3/c1-26-17-8-3-6-15(12-17)21(25)24-19(14-5-2-7-16(22)11-14)13-18(23-24)20-9-4-10-27-20/h2-12,19H,13H2,1H3/t19-/m1/s1. The smallest absolute Gasteiger partial charge is 0.274 e. The number of hydrogen-bond acceptors (Lipinski definition) is 4. The first kappa shape index (κ1) is 17.5. The molecular formula is C21H17BrN2O3. The quantitative estimate of drug-likeness (QED) is 0.589. The largest absolute Gasteiger partial charge is 0.497 e. The second kappa shape index (κ2) is 7.40. The maximum absolute atomic E-state index is 13.2. The van der Waals surface area contributed by atoms with Crippen molar-refractivity contribution < 1.29 is 13.9 Å². The summed E-state index contributed by atoms with van der Waals surface area (Å²) >= 11 is 3.51. The van der Waals surface area contributed by atoms with Crippen LogP contribution >= 0.6 is 15.9 Å². The lowest BCUT2D eigenvalue weighted by molar-refractivity contribution is 0.0711. The van der Waals surface area contributed by atoms with E-state index in [-0.39, 0.29) is 11.9 Å². The molecule has 0 radical (unpaired) electrons. The number of amides is 1. The van der Waals surface area contributed by atoms with Gasteiger partial charge in [0.2, 0.25) is 0 Å². The molecule has 0 fully saturated rings. The van der Waals surface area contributed by atoms with Gasteiger partial charge < -0.3 is 9.15 Å². The van der Waals surface area contributed by atoms with Crippen LogP contribution in [0.4, 0.5) is 0 Å². The number of methoxy groups -OCH3 is 1. The van der Waals surface area contributed by atoms with Crippen LogP contribution in [0.25, 0.3) is 0 Å². The molecule has 2 aromatic carbocycles. The summed E-state index contributed by atoms with van der Waals surface area (Å²) in [4.78, 5) is 13.2. The minimum Gasteiger partial charge on any atom is -0.497 e. The maximum atomic E-state index is 13.2. The summed E-state index contributed by atoms with van der Waals surface area (Å²) in [6.45, 7) is 0. The number of carbonyl (C=O) groups excluding carboxylic acids is 1. The fraction of sp³-hybridized carbons (Fsp3) is 0.143. The minimum absolute atomic E-state index is 0.180. The predicted octanol–water partition coefficient (Wildman–Crippen LogP) is 5.04. The summed E-state index contributed by atoms with van der Waals surface area (Å²) in [5.74, 6) is 1.13. The van der Waals surface area contributed by atoms with Gasteiger partial charge in [0.25, 0.3) is 5.91 Å². The molecule has 0 aliphatic carbocycles. The third-order valence-electron chi connectivity index (χ3n) is 4.47. The SMILES string of the molecule is COc1cccc(C(=O)N2N=C(c3ccco3)C[C@@H]2c2cccc(Br)c2)c1. The Morgan fingerprint density at radius 2 is 2.04 bits per heavy atom. The summed E-state index contributed by atoms with van der Waals surface area (Å²) in [6.07, 6.45) is 2.19. The average Bonchev–Trinajstić information content (AvgIpc) is 3.37. The molecule has 0 N–H and O–H groups in total. The summed E-state index contributed by atoms with van der Waals surface area (Å²) in [6, 6.07) is 18.5. The van der Waals surface area contributed by atoms with Gasteiger partial charge in [0.15, 0.2) is 0 Å². The number of furan rings is 1. The Kier molecular flexibility index (Phi) is 4.81. The fourth-order valence-corrected chi connectivity index (χ4v) is 3.57. The van der Waals surface area contributed by atoms with Crippen LogP contribution in [-0.2, 0) is 0 Å². The summed E-state index contributed by atoms with van der Waals surface area (Å²) < 4.78 is 11.7. The van der Waals surface area contributed by atoms with Crippen molar-refractivity contribution in [2.24, 2.45) is 5.10 Å². The molecule has 1 aliphatic rings. The van der Waals surface area contributed by atoms with Crippen molar-refractivity contribution in [3.05, 3.63) is 88.3 Å². The molecule has 27 heavy (non-hydrogen) atoms. The van der Waals surface area contributed by atoms with Crippen molar-refractivity contribution in [1.29, 1.82) is 0 Å². The van der Waals surface area contributed by atoms with Crippen molar-refractivity contribution in [2.45, 2.75) is 12.5 Å². The van der Waals surface area contributed by atoms with Crippen LogP contribution in [0.3, 0.4) is 0 Å². The Bertz CT molecular complexity index is 998. The highest BCUT2D eigenvalue weighted by Gasteiger charge is 2.34. The molecule has 0 bridgehead atoms. The van der Waals surface area contributed by atoms with Gasteiger partial charge in [-0.05, 0) is 48.0 Å². The van der Waals surface area contributed by atoms with Crippen molar-refractivity contribution >= 4 is 27.5 Å². The first-order valence-corrected chi connectivity index (χ1v) is 9.29. The zero-order valence-corrected chi connectivity index (χ0v) is 16.2. The number of rotatable bonds is 4. The molecule has 136 valence electrons. The van der Waals surface area contributed by atoms with E-state index in [1.165, 1.54) is 5.01 Å². The molecule has 2 heterocycles. The molecule has 1 amide bonds. The second-order valence-corrected chi connectivity index (χ2v) is 7.10. The third kappa shape index (κ3) is 3.53. The fourth-order valence-electron chi connectivity index (χ4n) is 3.15. The van der Waals surface area contributed by atoms with Gasteiger partial charge in [0, 0.05) is 16.5 Å². The van der Waals surface area contributed by atoms with Gasteiger partial charge in [-0.3, -0.25) is 4.79 Å². The lowest BCUT2D eigenvalue weighted by Crippen LogP contribution is -2.27. The van der Waals surface area contributed by atoms with E-state index in [2.05, 4.69) is 21.0 Å². The lowest BCUT2D eigenvalue weighted by atomic mass is 10.0. The van der Waals surface area contributed by atoms with Crippen LogP contribution in [0.5, 0.6) is 5.75 Å². The number of benzene rings is 2. The lowest BCUT2D eigenvalue weighted by Gasteiger charge is -2.22. The van der Waals surface area contributed by atoms with Gasteiger partial charge in [-0.2, -0.15) is 5.10 Å². The van der Waals surface area contributed by atoms with Crippen molar-refractivity contribution in [3.8, 4) is 5.75 Å². The summed E-state index contributed by atoms with van der Waals surface area (Å²) in [5.41, 5.74) is 2.28. The average molecular weight is 425 g/mol. The topological polar surface area (TPSA) is 55.0 Å². The highest BCUT2D eigenvalue weighted by atomic mass is 79.9. The number of hydrogen-bond donors (Lipinski definition) is 0. The van der Waals surface area contributed by atoms with Crippen LogP contribution in [0, 0.1) is 0 Å². The molecule has 5 nitrogen and oxygen atoms in total. The van der Waals surface area contributed by atoms with E-state index < -0.39 is 0 Å². The van der Waals surface area contributed by atoms with Crippen molar-refractivity contribution in [2.75, 3.05) is 7.11 Å². The first-order chi connectivity index (χ1) is 13.2. The van der Waals surface area contributed by atoms with E-state index in [0.29, 0.717) is 23.5 Å². The van der Waals surface area contributed by atoms with Crippen LogP contribution in [-0.4, -0.2) is 23.7 Å². The Balaban J connectivity index is 1.73. The molecule has 1 atom stereocenters. The monoisotopic (exact) mass is 424 g/mol. The number of halogens is 1. The van der Waals surface area contributed by atoms with Gasteiger partial charge in [-0.15, -0.1) is 0 Å². The highest BCUT2D eigenvalue weighted by Crippen LogP contribution is 2.35. The molecule has 3 aromatic rings. The van der Waals surface area contributed by atoms with Gasteiger partial charge in [0.1, 0.15) is 17.2 Å². The molecule has 1 aliphatic heterocycles. The zero-order valence-electron chi connectivity index (χ0n) is 14.6.